The van der Waals surface area contributed by atoms with Crippen LogP contribution in [0.3, 0.4) is 0 Å². The fourth-order valence-corrected chi connectivity index (χ4v) is 8.64. The summed E-state index contributed by atoms with van der Waals surface area (Å²) in [5.74, 6) is -0.392. The van der Waals surface area contributed by atoms with E-state index < -0.39 is 47.4 Å². The number of cyclic esters (lactones) is 2. The number of halogens is 1. The van der Waals surface area contributed by atoms with Crippen LogP contribution in [0.25, 0.3) is 0 Å². The molecule has 57 heavy (non-hydrogen) atoms. The molecule has 0 aliphatic carbocycles. The zero-order valence-electron chi connectivity index (χ0n) is 34.7. The van der Waals surface area contributed by atoms with Crippen LogP contribution < -0.4 is 15.4 Å². The van der Waals surface area contributed by atoms with Crippen molar-refractivity contribution >= 4 is 56.9 Å². The first-order valence-corrected chi connectivity index (χ1v) is 22.7. The van der Waals surface area contributed by atoms with Gasteiger partial charge in [-0.25, -0.2) is 4.79 Å². The standard InChI is InChI=1S/C43H60ClN3O8S2/c1-26(2)19-36-41(50)53-34(28(4)38-39(55-38)31-16-13-29(14-17-31)23-47(7)22-27(3)24-57-56-9)11-10-12-37(48)46-33(21-30-15-18-35(52-8)32(44)20-30)40(49)45-25-43(5,6)42(51)54-36/h10,12-18,20,26-28,33-34,36,38-39H,11,19,21-25H2,1-9H3,(H,45,49)(H,46,48)/t27?,28-,33+,34-,36-,38+,39+/m0/s1. The first-order valence-electron chi connectivity index (χ1n) is 19.6. The third-order valence-electron chi connectivity index (χ3n) is 10.1. The predicted molar refractivity (Wildman–Crippen MR) is 228 cm³/mol. The molecule has 4 rings (SSSR count). The Morgan fingerprint density at radius 2 is 1.72 bits per heavy atom. The number of hydrogen-bond acceptors (Lipinski definition) is 11. The number of methoxy groups -OCH3 is 1. The van der Waals surface area contributed by atoms with Gasteiger partial charge in [0.1, 0.15) is 24.0 Å². The first kappa shape index (κ1) is 46.5. The normalized spacial score (nSPS) is 24.3. The average Bonchev–Trinajstić information content (AvgIpc) is 3.96. The Balaban J connectivity index is 1.53. The molecule has 0 saturated carbocycles. The van der Waals surface area contributed by atoms with Gasteiger partial charge in [-0.2, -0.15) is 0 Å². The minimum absolute atomic E-state index is 0.0110. The third-order valence-corrected chi connectivity index (χ3v) is 12.5. The van der Waals surface area contributed by atoms with Crippen molar-refractivity contribution in [2.24, 2.45) is 23.2 Å². The molecule has 2 N–H and O–H groups in total. The summed E-state index contributed by atoms with van der Waals surface area (Å²) in [6.07, 6.45) is 3.35. The molecule has 0 aromatic heterocycles. The molecule has 1 fully saturated rings. The lowest BCUT2D eigenvalue weighted by atomic mass is 9.92. The van der Waals surface area contributed by atoms with Crippen molar-refractivity contribution < 1.29 is 38.1 Å². The van der Waals surface area contributed by atoms with E-state index in [1.807, 2.05) is 31.6 Å². The zero-order chi connectivity index (χ0) is 41.9. The topological polar surface area (TPSA) is 136 Å². The summed E-state index contributed by atoms with van der Waals surface area (Å²) in [5, 5.41) is 5.96. The van der Waals surface area contributed by atoms with E-state index in [9.17, 15) is 19.2 Å². The third kappa shape index (κ3) is 14.2. The Hall–Kier alpha value is -3.23. The number of ether oxygens (including phenoxy) is 4. The number of rotatable bonds is 15. The maximum absolute atomic E-state index is 13.8. The largest absolute Gasteiger partial charge is 0.495 e. The number of nitrogens with zero attached hydrogens (tertiary/aromatic N) is 1. The fourth-order valence-electron chi connectivity index (χ4n) is 6.78. The van der Waals surface area contributed by atoms with E-state index in [-0.39, 0.29) is 49.9 Å². The summed E-state index contributed by atoms with van der Waals surface area (Å²) < 4.78 is 23.5. The van der Waals surface area contributed by atoms with Crippen LogP contribution in [0.4, 0.5) is 0 Å². The molecule has 2 aliphatic heterocycles. The van der Waals surface area contributed by atoms with E-state index in [2.05, 4.69) is 60.0 Å². The van der Waals surface area contributed by atoms with E-state index in [0.717, 1.165) is 24.4 Å². The monoisotopic (exact) mass is 845 g/mol. The number of epoxide rings is 1. The summed E-state index contributed by atoms with van der Waals surface area (Å²) in [5.41, 5.74) is 1.74. The van der Waals surface area contributed by atoms with Crippen LogP contribution in [0.5, 0.6) is 5.75 Å². The molecule has 2 amide bonds. The fraction of sp³-hybridized carbons (Fsp3) is 0.581. The lowest BCUT2D eigenvalue weighted by molar-refractivity contribution is -0.179. The van der Waals surface area contributed by atoms with Crippen LogP contribution in [0, 0.1) is 23.2 Å². The van der Waals surface area contributed by atoms with Crippen molar-refractivity contribution in [3.63, 3.8) is 0 Å². The SMILES string of the molecule is COc1ccc(C[C@H]2NC(=O)C=CC[C@@H]([C@H](C)[C@H]3O[C@@H]3c3ccc(CN(C)CC(C)CSSC)cc3)OC(=O)[C@H](CC(C)C)OC(=O)C(C)(C)CNC2=O)cc1Cl. The van der Waals surface area contributed by atoms with E-state index in [0.29, 0.717) is 22.3 Å². The molecule has 0 spiro atoms. The average molecular weight is 847 g/mol. The molecule has 7 atom stereocenters. The molecular weight excluding hydrogens is 786 g/mol. The molecule has 1 unspecified atom stereocenters. The van der Waals surface area contributed by atoms with Gasteiger partial charge in [0.15, 0.2) is 6.10 Å². The number of carbonyl (C=O) groups excluding carboxylic acids is 4. The van der Waals surface area contributed by atoms with Crippen LogP contribution in [0.1, 0.15) is 77.2 Å². The highest BCUT2D eigenvalue weighted by Crippen LogP contribution is 2.45. The number of nitrogens with one attached hydrogen (secondary N) is 2. The molecule has 0 bridgehead atoms. The Labute approximate surface area is 351 Å². The van der Waals surface area contributed by atoms with Crippen LogP contribution in [0.15, 0.2) is 54.6 Å². The van der Waals surface area contributed by atoms with Crippen LogP contribution in [-0.2, 0) is 46.4 Å². The highest BCUT2D eigenvalue weighted by atomic mass is 35.5. The highest BCUT2D eigenvalue weighted by Gasteiger charge is 2.48. The van der Waals surface area contributed by atoms with Gasteiger partial charge in [-0.3, -0.25) is 14.4 Å². The van der Waals surface area contributed by atoms with E-state index in [4.69, 9.17) is 30.5 Å². The van der Waals surface area contributed by atoms with Gasteiger partial charge in [-0.15, -0.1) is 0 Å². The molecule has 314 valence electrons. The minimum Gasteiger partial charge on any atom is -0.495 e. The maximum atomic E-state index is 13.8. The highest BCUT2D eigenvalue weighted by molar-refractivity contribution is 8.76. The van der Waals surface area contributed by atoms with E-state index in [1.54, 1.807) is 48.9 Å². The van der Waals surface area contributed by atoms with Gasteiger partial charge in [0, 0.05) is 44.1 Å². The molecule has 2 aromatic rings. The van der Waals surface area contributed by atoms with Gasteiger partial charge in [0.2, 0.25) is 11.8 Å². The number of carbonyl (C=O) groups is 4. The second-order valence-electron chi connectivity index (χ2n) is 16.3. The number of benzene rings is 2. The van der Waals surface area contributed by atoms with Gasteiger partial charge in [0.05, 0.1) is 23.7 Å². The van der Waals surface area contributed by atoms with Gasteiger partial charge < -0.3 is 34.5 Å². The lowest BCUT2D eigenvalue weighted by Gasteiger charge is -2.29. The Morgan fingerprint density at radius 1 is 1.02 bits per heavy atom. The number of esters is 2. The van der Waals surface area contributed by atoms with E-state index in [1.165, 1.54) is 18.7 Å². The number of amides is 2. The van der Waals surface area contributed by atoms with Gasteiger partial charge in [-0.1, -0.05) is 97.3 Å². The van der Waals surface area contributed by atoms with Crippen molar-refractivity contribution in [2.75, 3.05) is 39.3 Å². The maximum Gasteiger partial charge on any atom is 0.347 e. The van der Waals surface area contributed by atoms with Crippen LogP contribution in [0.2, 0.25) is 5.02 Å². The van der Waals surface area contributed by atoms with E-state index >= 15 is 0 Å². The summed E-state index contributed by atoms with van der Waals surface area (Å²) in [7, 11) is 7.35. The molecule has 0 radical (unpaired) electrons. The Kier molecular flexibility index (Phi) is 17.7. The van der Waals surface area contributed by atoms with Crippen molar-refractivity contribution in [3.8, 4) is 5.75 Å². The molecule has 1 saturated heterocycles. The first-order chi connectivity index (χ1) is 27.0. The molecule has 14 heteroatoms. The molecule has 11 nitrogen and oxygen atoms in total. The van der Waals surface area contributed by atoms with Crippen molar-refractivity contribution in [1.29, 1.82) is 0 Å². The van der Waals surface area contributed by atoms with Gasteiger partial charge >= 0.3 is 11.9 Å². The summed E-state index contributed by atoms with van der Waals surface area (Å²) in [6, 6.07) is 12.6. The van der Waals surface area contributed by atoms with Gasteiger partial charge in [0.25, 0.3) is 0 Å². The second kappa shape index (κ2) is 21.7. The summed E-state index contributed by atoms with van der Waals surface area (Å²) in [6.45, 7) is 13.1. The van der Waals surface area contributed by atoms with Crippen LogP contribution >= 0.6 is 33.2 Å². The smallest absolute Gasteiger partial charge is 0.347 e. The second-order valence-corrected chi connectivity index (χ2v) is 19.4. The number of hydrogen-bond donors (Lipinski definition) is 2. The predicted octanol–water partition coefficient (Wildman–Crippen LogP) is 7.20. The summed E-state index contributed by atoms with van der Waals surface area (Å²) >= 11 is 6.36. The quantitative estimate of drug-likeness (QED) is 0.107. The van der Waals surface area contributed by atoms with Crippen molar-refractivity contribution in [2.45, 2.75) is 97.8 Å². The molecular formula is C43H60ClN3O8S2. The van der Waals surface area contributed by atoms with Crippen molar-refractivity contribution in [1.82, 2.24) is 15.5 Å². The van der Waals surface area contributed by atoms with Crippen LogP contribution in [-0.4, -0.2) is 92.3 Å². The minimum atomic E-state index is -1.21. The van der Waals surface area contributed by atoms with Gasteiger partial charge in [-0.05, 0) is 80.3 Å². The van der Waals surface area contributed by atoms with Crippen molar-refractivity contribution in [3.05, 3.63) is 76.3 Å². The molecule has 2 aliphatic rings. The zero-order valence-corrected chi connectivity index (χ0v) is 37.1. The summed E-state index contributed by atoms with van der Waals surface area (Å²) in [4.78, 5) is 56.6. The Bertz CT molecular complexity index is 1710. The molecule has 2 heterocycles. The lowest BCUT2D eigenvalue weighted by Crippen LogP contribution is -2.51. The molecule has 2 aromatic carbocycles. The Morgan fingerprint density at radius 3 is 2.37 bits per heavy atom.